The minimum absolute atomic E-state index is 0.340. The van der Waals surface area contributed by atoms with Crippen LogP contribution in [0.15, 0.2) is 0 Å². The molecule has 0 radical (unpaired) electrons. The molecule has 17 heavy (non-hydrogen) atoms. The largest absolute Gasteiger partial charge is 0.396 e. The molecule has 1 aliphatic rings. The molecule has 1 aliphatic heterocycles. The molecule has 0 aromatic heterocycles. The second kappa shape index (κ2) is 7.30. The molecule has 0 aromatic rings. The molecule has 0 spiro atoms. The summed E-state index contributed by atoms with van der Waals surface area (Å²) in [5, 5.41) is 37.6. The van der Waals surface area contributed by atoms with E-state index in [2.05, 4.69) is 0 Å². The van der Waals surface area contributed by atoms with E-state index in [4.69, 9.17) is 14.6 Å². The van der Waals surface area contributed by atoms with Crippen molar-refractivity contribution in [1.29, 1.82) is 0 Å². The van der Waals surface area contributed by atoms with Crippen molar-refractivity contribution in [1.82, 2.24) is 0 Å². The number of hydrogen-bond donors (Lipinski definition) is 4. The maximum atomic E-state index is 9.78. The lowest BCUT2D eigenvalue weighted by atomic mass is 9.91. The molecule has 100 valence electrons. The fourth-order valence-electron chi connectivity index (χ4n) is 1.84. The van der Waals surface area contributed by atoms with Crippen LogP contribution < -0.4 is 0 Å². The Kier molecular flexibility index (Phi) is 6.39. The quantitative estimate of drug-likeness (QED) is 0.306. The van der Waals surface area contributed by atoms with Gasteiger partial charge in [0.25, 0.3) is 0 Å². The Morgan fingerprint density at radius 3 is 2.35 bits per heavy atom. The number of aliphatic hydroxyl groups is 4. The van der Waals surface area contributed by atoms with Gasteiger partial charge in [0, 0.05) is 6.61 Å². The monoisotopic (exact) mass is 248 g/mol. The first-order chi connectivity index (χ1) is 8.15. The lowest BCUT2D eigenvalue weighted by molar-refractivity contribution is -0.290. The van der Waals surface area contributed by atoms with Crippen molar-refractivity contribution in [3.63, 3.8) is 0 Å². The van der Waals surface area contributed by atoms with Crippen LogP contribution in [-0.2, 0) is 9.47 Å². The zero-order valence-corrected chi connectivity index (χ0v) is 10.0. The number of aliphatic hydroxyl groups excluding tert-OH is 4. The predicted molar refractivity (Wildman–Crippen MR) is 62.3 cm³/mol. The minimum Gasteiger partial charge on any atom is -0.396 e. The minimum atomic E-state index is -1.21. The van der Waals surface area contributed by atoms with Crippen LogP contribution in [0.3, 0.4) is 0 Å². The first-order valence-corrected chi connectivity index (χ1v) is 6.00. The number of ether oxygens (including phenoxy) is 2. The molecule has 0 aliphatic carbocycles. The highest BCUT2D eigenvalue weighted by Crippen LogP contribution is 2.26. The zero-order chi connectivity index (χ0) is 12.8. The summed E-state index contributed by atoms with van der Waals surface area (Å²) >= 11 is 0. The molecule has 4 N–H and O–H groups in total. The first-order valence-electron chi connectivity index (χ1n) is 6.00. The summed E-state index contributed by atoms with van der Waals surface area (Å²) in [6.07, 6.45) is -2.21. The lowest BCUT2D eigenvalue weighted by Crippen LogP contribution is -2.57. The van der Waals surface area contributed by atoms with Crippen molar-refractivity contribution in [3.8, 4) is 0 Å². The van der Waals surface area contributed by atoms with Crippen LogP contribution in [0.5, 0.6) is 0 Å². The molecule has 0 aromatic carbocycles. The Balaban J connectivity index is 2.59. The maximum absolute atomic E-state index is 9.78. The van der Waals surface area contributed by atoms with Gasteiger partial charge in [-0.3, -0.25) is 0 Å². The Hall–Kier alpha value is -0.175. The smallest absolute Gasteiger partial charge is 0.165 e. The van der Waals surface area contributed by atoms with E-state index in [1.54, 1.807) is 0 Å². The topological polar surface area (TPSA) is 99.4 Å². The summed E-state index contributed by atoms with van der Waals surface area (Å²) in [7, 11) is 2.02. The van der Waals surface area contributed by atoms with Crippen LogP contribution in [0.2, 0.25) is 6.32 Å². The van der Waals surface area contributed by atoms with E-state index in [0.717, 1.165) is 12.7 Å². The van der Waals surface area contributed by atoms with Gasteiger partial charge in [-0.2, -0.15) is 0 Å². The number of rotatable bonds is 6. The summed E-state index contributed by atoms with van der Waals surface area (Å²) in [4.78, 5) is 0. The van der Waals surface area contributed by atoms with Crippen molar-refractivity contribution in [3.05, 3.63) is 0 Å². The second-order valence-corrected chi connectivity index (χ2v) is 4.28. The van der Waals surface area contributed by atoms with Crippen molar-refractivity contribution >= 4 is 7.85 Å². The van der Waals surface area contributed by atoms with Gasteiger partial charge >= 0.3 is 0 Å². The van der Waals surface area contributed by atoms with Gasteiger partial charge in [0.1, 0.15) is 20.1 Å². The Bertz CT molecular complexity index is 217. The third-order valence-corrected chi connectivity index (χ3v) is 3.00. The molecule has 1 fully saturated rings. The van der Waals surface area contributed by atoms with E-state index in [0.29, 0.717) is 6.61 Å². The van der Waals surface area contributed by atoms with Gasteiger partial charge in [-0.05, 0) is 6.42 Å². The van der Waals surface area contributed by atoms with Gasteiger partial charge in [-0.15, -0.1) is 0 Å². The average molecular weight is 248 g/mol. The van der Waals surface area contributed by atoms with E-state index < -0.39 is 37.1 Å². The molecule has 1 rings (SSSR count). The van der Waals surface area contributed by atoms with Crippen molar-refractivity contribution in [2.75, 3.05) is 19.8 Å². The van der Waals surface area contributed by atoms with Crippen LogP contribution in [0.25, 0.3) is 0 Å². The Morgan fingerprint density at radius 2 is 1.82 bits per heavy atom. The van der Waals surface area contributed by atoms with Crippen LogP contribution >= 0.6 is 0 Å². The van der Waals surface area contributed by atoms with E-state index in [9.17, 15) is 15.3 Å². The second-order valence-electron chi connectivity index (χ2n) is 4.28. The summed E-state index contributed by atoms with van der Waals surface area (Å²) in [6.45, 7) is -0.282. The molecule has 0 bridgehead atoms. The SMILES string of the molecule is BCCCOC1O[C@H](CO)[C@@H](O)[C@H](O)[C@H]1CO. The van der Waals surface area contributed by atoms with Gasteiger partial charge in [0.15, 0.2) is 6.29 Å². The molecule has 7 heteroatoms. The van der Waals surface area contributed by atoms with Crippen LogP contribution in [0.1, 0.15) is 6.42 Å². The van der Waals surface area contributed by atoms with Gasteiger partial charge in [0.05, 0.1) is 25.2 Å². The Labute approximate surface area is 102 Å². The molecule has 0 saturated carbocycles. The van der Waals surface area contributed by atoms with E-state index in [1.807, 2.05) is 7.85 Å². The van der Waals surface area contributed by atoms with E-state index in [1.165, 1.54) is 0 Å². The summed E-state index contributed by atoms with van der Waals surface area (Å²) < 4.78 is 10.7. The Morgan fingerprint density at radius 1 is 1.12 bits per heavy atom. The lowest BCUT2D eigenvalue weighted by Gasteiger charge is -2.41. The third-order valence-electron chi connectivity index (χ3n) is 3.00. The van der Waals surface area contributed by atoms with E-state index in [-0.39, 0.29) is 6.61 Å². The van der Waals surface area contributed by atoms with E-state index >= 15 is 0 Å². The maximum Gasteiger partial charge on any atom is 0.165 e. The molecule has 0 amide bonds. The highest BCUT2D eigenvalue weighted by Gasteiger charge is 2.44. The average Bonchev–Trinajstić information content (AvgIpc) is 2.34. The van der Waals surface area contributed by atoms with Gasteiger partial charge in [-0.25, -0.2) is 0 Å². The molecule has 5 atom stereocenters. The van der Waals surface area contributed by atoms with Gasteiger partial charge in [0.2, 0.25) is 0 Å². The standard InChI is InChI=1S/C10H21BO6/c11-2-1-3-16-10-6(4-12)8(14)9(15)7(5-13)17-10/h6-10,12-15H,1-5,11H2/t6-,7-,8-,9-,10?/m1/s1. The molecule has 6 nitrogen and oxygen atoms in total. The van der Waals surface area contributed by atoms with Crippen LogP contribution in [-0.4, -0.2) is 72.7 Å². The van der Waals surface area contributed by atoms with Gasteiger partial charge < -0.3 is 29.9 Å². The summed E-state index contributed by atoms with van der Waals surface area (Å²) in [6, 6.07) is 0. The third kappa shape index (κ3) is 3.64. The fourth-order valence-corrected chi connectivity index (χ4v) is 1.84. The highest BCUT2D eigenvalue weighted by molar-refractivity contribution is 6.08. The normalized spacial score (nSPS) is 38.2. The first kappa shape index (κ1) is 14.9. The summed E-state index contributed by atoms with van der Waals surface area (Å²) in [5.74, 6) is -0.690. The zero-order valence-electron chi connectivity index (χ0n) is 10.0. The molecular weight excluding hydrogens is 227 g/mol. The van der Waals surface area contributed by atoms with Crippen molar-refractivity contribution < 1.29 is 29.9 Å². The highest BCUT2D eigenvalue weighted by atomic mass is 16.7. The van der Waals surface area contributed by atoms with Crippen LogP contribution in [0.4, 0.5) is 0 Å². The van der Waals surface area contributed by atoms with Crippen LogP contribution in [0, 0.1) is 5.92 Å². The molecular formula is C10H21BO6. The predicted octanol–water partition coefficient (Wildman–Crippen LogP) is -2.51. The van der Waals surface area contributed by atoms with Crippen molar-refractivity contribution in [2.24, 2.45) is 5.92 Å². The number of hydrogen-bond acceptors (Lipinski definition) is 6. The van der Waals surface area contributed by atoms with Crippen molar-refractivity contribution in [2.45, 2.75) is 37.3 Å². The van der Waals surface area contributed by atoms with Gasteiger partial charge in [-0.1, -0.05) is 6.32 Å². The molecule has 1 unspecified atom stereocenters. The fraction of sp³-hybridized carbons (Fsp3) is 1.00. The molecule has 1 saturated heterocycles. The summed E-state index contributed by atoms with van der Waals surface area (Å²) in [5.41, 5.74) is 0. The molecule has 1 heterocycles.